The molecule has 2 atom stereocenters. The minimum Gasteiger partial charge on any atom is -0.444 e. The van der Waals surface area contributed by atoms with E-state index < -0.39 is 33.6 Å². The Labute approximate surface area is 142 Å². The van der Waals surface area contributed by atoms with Crippen molar-refractivity contribution in [2.45, 2.75) is 51.7 Å². The van der Waals surface area contributed by atoms with E-state index in [1.54, 1.807) is 25.7 Å². The van der Waals surface area contributed by atoms with E-state index in [0.29, 0.717) is 13.1 Å². The maximum atomic E-state index is 12.8. The Kier molecular flexibility index (Phi) is 5.41. The van der Waals surface area contributed by atoms with Gasteiger partial charge in [0.1, 0.15) is 5.60 Å². The summed E-state index contributed by atoms with van der Waals surface area (Å²) in [5.41, 5.74) is -0.589. The molecule has 24 heavy (non-hydrogen) atoms. The average Bonchev–Trinajstić information content (AvgIpc) is 2.93. The lowest BCUT2D eigenvalue weighted by atomic mass is 10.1. The third kappa shape index (κ3) is 5.32. The number of carbonyl (C=O) groups is 2. The van der Waals surface area contributed by atoms with Crippen LogP contribution in [-0.4, -0.2) is 67.2 Å². The van der Waals surface area contributed by atoms with Gasteiger partial charge in [-0.25, -0.2) is 4.79 Å². The summed E-state index contributed by atoms with van der Waals surface area (Å²) in [5, 5.41) is 0. The van der Waals surface area contributed by atoms with Crippen molar-refractivity contribution in [3.63, 3.8) is 0 Å². The van der Waals surface area contributed by atoms with Gasteiger partial charge in [0, 0.05) is 32.0 Å². The standard InChI is InChI=1S/C15H25FN2O5S/c1-15(2,3)23-14(20)18-6-4-5-12(18)9-17-8-11(7-13(17)19)10-24(16,21)22/h11-12H,4-10H2,1-3H3/t11?,12-/m1/s1. The molecule has 0 aromatic carbocycles. The number of rotatable bonds is 4. The maximum Gasteiger partial charge on any atom is 0.410 e. The Bertz CT molecular complexity index is 601. The van der Waals surface area contributed by atoms with Crippen LogP contribution in [0.15, 0.2) is 0 Å². The molecule has 0 radical (unpaired) electrons. The molecule has 2 saturated heterocycles. The zero-order valence-electron chi connectivity index (χ0n) is 14.3. The first-order chi connectivity index (χ1) is 10.9. The van der Waals surface area contributed by atoms with Crippen molar-refractivity contribution in [1.82, 2.24) is 9.80 Å². The van der Waals surface area contributed by atoms with Crippen molar-refractivity contribution in [2.24, 2.45) is 5.92 Å². The predicted octanol–water partition coefficient (Wildman–Crippen LogP) is 1.53. The second kappa shape index (κ2) is 6.85. The van der Waals surface area contributed by atoms with E-state index >= 15 is 0 Å². The number of hydrogen-bond acceptors (Lipinski definition) is 5. The van der Waals surface area contributed by atoms with Crippen molar-refractivity contribution >= 4 is 22.2 Å². The average molecular weight is 364 g/mol. The smallest absolute Gasteiger partial charge is 0.410 e. The van der Waals surface area contributed by atoms with E-state index in [-0.39, 0.29) is 24.9 Å². The summed E-state index contributed by atoms with van der Waals surface area (Å²) in [5.74, 6) is -1.35. The Morgan fingerprint density at radius 1 is 1.38 bits per heavy atom. The molecule has 0 bridgehead atoms. The molecule has 0 spiro atoms. The first-order valence-electron chi connectivity index (χ1n) is 8.14. The molecule has 2 heterocycles. The monoisotopic (exact) mass is 364 g/mol. The van der Waals surface area contributed by atoms with Gasteiger partial charge in [0.25, 0.3) is 0 Å². The van der Waals surface area contributed by atoms with Gasteiger partial charge in [-0.2, -0.15) is 8.42 Å². The summed E-state index contributed by atoms with van der Waals surface area (Å²) in [6, 6.07) is -0.149. The zero-order valence-corrected chi connectivity index (χ0v) is 15.1. The van der Waals surface area contributed by atoms with Crippen molar-refractivity contribution in [3.8, 4) is 0 Å². The Hall–Kier alpha value is -1.38. The zero-order chi connectivity index (χ0) is 18.1. The third-order valence-corrected chi connectivity index (χ3v) is 5.04. The Morgan fingerprint density at radius 3 is 2.62 bits per heavy atom. The van der Waals surface area contributed by atoms with Crippen LogP contribution < -0.4 is 0 Å². The molecule has 138 valence electrons. The summed E-state index contributed by atoms with van der Waals surface area (Å²) < 4.78 is 39.7. The van der Waals surface area contributed by atoms with Gasteiger partial charge in [0.15, 0.2) is 0 Å². The fourth-order valence-corrected chi connectivity index (χ4v) is 4.05. The van der Waals surface area contributed by atoms with Gasteiger partial charge < -0.3 is 14.5 Å². The molecule has 0 aliphatic carbocycles. The van der Waals surface area contributed by atoms with Crippen molar-refractivity contribution in [1.29, 1.82) is 0 Å². The first-order valence-corrected chi connectivity index (χ1v) is 9.69. The number of carbonyl (C=O) groups excluding carboxylic acids is 2. The van der Waals surface area contributed by atoms with Crippen LogP contribution in [0.3, 0.4) is 0 Å². The molecule has 0 saturated carbocycles. The molecule has 2 fully saturated rings. The molecule has 2 aliphatic rings. The highest BCUT2D eigenvalue weighted by Crippen LogP contribution is 2.25. The van der Waals surface area contributed by atoms with Gasteiger partial charge in [-0.05, 0) is 33.6 Å². The van der Waals surface area contributed by atoms with Crippen molar-refractivity contribution in [2.75, 3.05) is 25.4 Å². The summed E-state index contributed by atoms with van der Waals surface area (Å²) >= 11 is 0. The van der Waals surface area contributed by atoms with Crippen molar-refractivity contribution in [3.05, 3.63) is 0 Å². The molecule has 7 nitrogen and oxygen atoms in total. The summed E-state index contributed by atoms with van der Waals surface area (Å²) in [4.78, 5) is 27.4. The lowest BCUT2D eigenvalue weighted by Gasteiger charge is -2.31. The Balaban J connectivity index is 1.94. The van der Waals surface area contributed by atoms with Gasteiger partial charge >= 0.3 is 16.3 Å². The van der Waals surface area contributed by atoms with Crippen molar-refractivity contribution < 1.29 is 26.6 Å². The molecular formula is C15H25FN2O5S. The molecule has 0 N–H and O–H groups in total. The lowest BCUT2D eigenvalue weighted by Crippen LogP contribution is -2.45. The second-order valence-electron chi connectivity index (χ2n) is 7.54. The van der Waals surface area contributed by atoms with E-state index in [2.05, 4.69) is 0 Å². The van der Waals surface area contributed by atoms with E-state index in [1.165, 1.54) is 4.90 Å². The molecule has 1 unspecified atom stereocenters. The van der Waals surface area contributed by atoms with Crippen LogP contribution in [0.2, 0.25) is 0 Å². The normalized spacial score (nSPS) is 25.4. The van der Waals surface area contributed by atoms with Crippen LogP contribution in [0.4, 0.5) is 8.68 Å². The first kappa shape index (κ1) is 19.0. The second-order valence-corrected chi connectivity index (χ2v) is 8.96. The lowest BCUT2D eigenvalue weighted by molar-refractivity contribution is -0.128. The van der Waals surface area contributed by atoms with Gasteiger partial charge in [0.2, 0.25) is 5.91 Å². The number of nitrogens with zero attached hydrogens (tertiary/aromatic N) is 2. The quantitative estimate of drug-likeness (QED) is 0.707. The molecule has 0 aromatic rings. The largest absolute Gasteiger partial charge is 0.444 e. The van der Waals surface area contributed by atoms with Crippen LogP contribution in [0.25, 0.3) is 0 Å². The molecule has 0 aromatic heterocycles. The van der Waals surface area contributed by atoms with Crippen LogP contribution in [0.5, 0.6) is 0 Å². The summed E-state index contributed by atoms with van der Waals surface area (Å²) in [7, 11) is -4.59. The summed E-state index contributed by atoms with van der Waals surface area (Å²) in [6.07, 6.45) is 1.21. The highest BCUT2D eigenvalue weighted by molar-refractivity contribution is 7.86. The highest BCUT2D eigenvalue weighted by atomic mass is 32.3. The minimum absolute atomic E-state index is 0.0301. The van der Waals surface area contributed by atoms with Gasteiger partial charge in [-0.3, -0.25) is 4.79 Å². The molecule has 2 rings (SSSR count). The van der Waals surface area contributed by atoms with E-state index in [0.717, 1.165) is 12.8 Å². The maximum absolute atomic E-state index is 12.8. The van der Waals surface area contributed by atoms with Gasteiger partial charge in [-0.15, -0.1) is 3.89 Å². The van der Waals surface area contributed by atoms with E-state index in [4.69, 9.17) is 4.74 Å². The van der Waals surface area contributed by atoms with Crippen LogP contribution in [-0.2, 0) is 19.8 Å². The van der Waals surface area contributed by atoms with Gasteiger partial charge in [-0.1, -0.05) is 0 Å². The molecule has 2 amide bonds. The highest BCUT2D eigenvalue weighted by Gasteiger charge is 2.38. The predicted molar refractivity (Wildman–Crippen MR) is 85.5 cm³/mol. The molecule has 9 heteroatoms. The molecule has 2 aliphatic heterocycles. The van der Waals surface area contributed by atoms with E-state index in [9.17, 15) is 21.9 Å². The SMILES string of the molecule is CC(C)(C)OC(=O)N1CCC[C@@H]1CN1CC(CS(=O)(=O)F)CC1=O. The Morgan fingerprint density at radius 2 is 2.04 bits per heavy atom. The third-order valence-electron chi connectivity index (χ3n) is 4.17. The molecular weight excluding hydrogens is 339 g/mol. The van der Waals surface area contributed by atoms with Crippen LogP contribution in [0, 0.1) is 5.92 Å². The number of hydrogen-bond donors (Lipinski definition) is 0. The number of amides is 2. The summed E-state index contributed by atoms with van der Waals surface area (Å²) in [6.45, 7) is 6.50. The fraction of sp³-hybridized carbons (Fsp3) is 0.867. The number of ether oxygens (including phenoxy) is 1. The van der Waals surface area contributed by atoms with Gasteiger partial charge in [0.05, 0.1) is 11.8 Å². The topological polar surface area (TPSA) is 84.0 Å². The van der Waals surface area contributed by atoms with E-state index in [1.807, 2.05) is 0 Å². The number of halogens is 1. The van der Waals surface area contributed by atoms with Crippen LogP contribution in [0.1, 0.15) is 40.0 Å². The minimum atomic E-state index is -4.59. The fourth-order valence-electron chi connectivity index (χ4n) is 3.26. The van der Waals surface area contributed by atoms with Crippen LogP contribution >= 0.6 is 0 Å². The number of likely N-dealkylation sites (tertiary alicyclic amines) is 2.